The topological polar surface area (TPSA) is 90.8 Å². The summed E-state index contributed by atoms with van der Waals surface area (Å²) in [6, 6.07) is 5.01. The maximum Gasteiger partial charge on any atom is 0.184 e. The molecule has 1 saturated carbocycles. The SMILES string of the molecule is CC.COc1cc(F)c(F)c(Nc2ccc(C)cc2F)c1NS(=O)C1(C[C@H](O)CO)CC1. The Morgan fingerprint density at radius 1 is 1.16 bits per heavy atom. The van der Waals surface area contributed by atoms with Crippen molar-refractivity contribution in [2.24, 2.45) is 0 Å². The first-order valence-electron chi connectivity index (χ1n) is 10.3. The second-order valence-electron chi connectivity index (χ2n) is 7.33. The Morgan fingerprint density at radius 3 is 2.34 bits per heavy atom. The maximum atomic E-state index is 14.7. The largest absolute Gasteiger partial charge is 0.494 e. The third-order valence-corrected chi connectivity index (χ3v) is 6.75. The average molecular weight is 475 g/mol. The van der Waals surface area contributed by atoms with Gasteiger partial charge in [0, 0.05) is 6.07 Å². The van der Waals surface area contributed by atoms with E-state index in [1.54, 1.807) is 13.0 Å². The van der Waals surface area contributed by atoms with E-state index in [0.717, 1.165) is 6.07 Å². The van der Waals surface area contributed by atoms with E-state index in [4.69, 9.17) is 9.84 Å². The van der Waals surface area contributed by atoms with Gasteiger partial charge < -0.3 is 20.3 Å². The number of anilines is 3. The predicted octanol–water partition coefficient (Wildman–Crippen LogP) is 4.54. The lowest BCUT2D eigenvalue weighted by molar-refractivity contribution is 0.0862. The summed E-state index contributed by atoms with van der Waals surface area (Å²) in [6.07, 6.45) is 0.0601. The fourth-order valence-corrected chi connectivity index (χ4v) is 4.56. The van der Waals surface area contributed by atoms with Crippen LogP contribution < -0.4 is 14.8 Å². The van der Waals surface area contributed by atoms with Crippen molar-refractivity contribution >= 4 is 28.0 Å². The monoisotopic (exact) mass is 474 g/mol. The summed E-state index contributed by atoms with van der Waals surface area (Å²) >= 11 is 0. The molecule has 4 N–H and O–H groups in total. The molecule has 0 spiro atoms. The van der Waals surface area contributed by atoms with Gasteiger partial charge in [-0.1, -0.05) is 19.9 Å². The summed E-state index contributed by atoms with van der Waals surface area (Å²) in [7, 11) is -0.585. The second-order valence-corrected chi connectivity index (χ2v) is 8.93. The van der Waals surface area contributed by atoms with Gasteiger partial charge in [0.1, 0.15) is 33.9 Å². The van der Waals surface area contributed by atoms with Crippen molar-refractivity contribution < 1.29 is 32.3 Å². The minimum Gasteiger partial charge on any atom is -0.494 e. The number of aliphatic hydroxyl groups excluding tert-OH is 2. The molecular formula is C22H29F3N2O4S. The van der Waals surface area contributed by atoms with Crippen molar-refractivity contribution in [3.8, 4) is 5.75 Å². The zero-order valence-electron chi connectivity index (χ0n) is 18.5. The van der Waals surface area contributed by atoms with Crippen LogP contribution in [0.25, 0.3) is 0 Å². The first-order chi connectivity index (χ1) is 15.2. The zero-order valence-corrected chi connectivity index (χ0v) is 19.3. The number of methoxy groups -OCH3 is 1. The van der Waals surface area contributed by atoms with Crippen molar-refractivity contribution in [2.75, 3.05) is 23.8 Å². The van der Waals surface area contributed by atoms with E-state index in [2.05, 4.69) is 10.0 Å². The van der Waals surface area contributed by atoms with Crippen LogP contribution in [0.15, 0.2) is 24.3 Å². The summed E-state index contributed by atoms with van der Waals surface area (Å²) in [5, 5.41) is 21.3. The molecule has 1 unspecified atom stereocenters. The van der Waals surface area contributed by atoms with Gasteiger partial charge in [0.05, 0.1) is 30.3 Å². The number of rotatable bonds is 9. The molecule has 0 heterocycles. The molecule has 3 rings (SSSR count). The van der Waals surface area contributed by atoms with Crippen LogP contribution in [-0.4, -0.2) is 39.0 Å². The van der Waals surface area contributed by atoms with Crippen molar-refractivity contribution in [2.45, 2.75) is 50.9 Å². The fourth-order valence-electron chi connectivity index (χ4n) is 3.14. The van der Waals surface area contributed by atoms with Gasteiger partial charge >= 0.3 is 0 Å². The van der Waals surface area contributed by atoms with Crippen LogP contribution in [0.1, 0.15) is 38.7 Å². The molecule has 32 heavy (non-hydrogen) atoms. The van der Waals surface area contributed by atoms with E-state index in [0.29, 0.717) is 18.4 Å². The smallest absolute Gasteiger partial charge is 0.184 e. The number of benzene rings is 2. The number of aliphatic hydroxyl groups is 2. The summed E-state index contributed by atoms with van der Waals surface area (Å²) < 4.78 is 63.0. The molecule has 2 aromatic carbocycles. The Hall–Kier alpha value is -2.30. The summed E-state index contributed by atoms with van der Waals surface area (Å²) in [5.74, 6) is -3.32. The molecule has 0 aromatic heterocycles. The third-order valence-electron chi connectivity index (χ3n) is 5.00. The van der Waals surface area contributed by atoms with Gasteiger partial charge in [-0.05, 0) is 43.9 Å². The number of ether oxygens (including phenoxy) is 1. The Balaban J connectivity index is 0.00000176. The van der Waals surface area contributed by atoms with E-state index >= 15 is 0 Å². The lowest BCUT2D eigenvalue weighted by Crippen LogP contribution is -2.30. The molecule has 1 fully saturated rings. The van der Waals surface area contributed by atoms with Gasteiger partial charge in [0.25, 0.3) is 0 Å². The standard InChI is InChI=1S/C20H23F3N2O4S.C2H6/c1-11-3-4-15(13(21)7-11)24-19-17(23)14(22)8-16(29-2)18(19)25-30(28)20(5-6-20)9-12(27)10-26;1-2/h3-4,7-8,12,24-27H,5-6,9-10H2,1-2H3;1-2H3/t12-,30?;/m0./s1. The normalized spacial score (nSPS) is 15.8. The van der Waals surface area contributed by atoms with Crippen molar-refractivity contribution in [3.05, 3.63) is 47.3 Å². The summed E-state index contributed by atoms with van der Waals surface area (Å²) in [4.78, 5) is 0. The molecular weight excluding hydrogens is 445 g/mol. The van der Waals surface area contributed by atoms with Gasteiger partial charge in [0.15, 0.2) is 11.6 Å². The van der Waals surface area contributed by atoms with Crippen LogP contribution in [0.3, 0.4) is 0 Å². The molecule has 178 valence electrons. The fraction of sp³-hybridized carbons (Fsp3) is 0.455. The highest BCUT2D eigenvalue weighted by atomic mass is 32.2. The molecule has 0 aliphatic heterocycles. The Morgan fingerprint density at radius 2 is 1.81 bits per heavy atom. The molecule has 0 saturated heterocycles. The summed E-state index contributed by atoms with van der Waals surface area (Å²) in [6.45, 7) is 5.21. The number of hydrogen-bond acceptors (Lipinski definition) is 5. The van der Waals surface area contributed by atoms with Gasteiger partial charge in [-0.25, -0.2) is 17.4 Å². The quantitative estimate of drug-likeness (QED) is 0.428. The Bertz CT molecular complexity index is 971. The lowest BCUT2D eigenvalue weighted by Gasteiger charge is -2.22. The van der Waals surface area contributed by atoms with E-state index in [1.165, 1.54) is 19.2 Å². The highest BCUT2D eigenvalue weighted by Gasteiger charge is 2.50. The van der Waals surface area contributed by atoms with Crippen LogP contribution in [0.2, 0.25) is 0 Å². The molecule has 0 amide bonds. The van der Waals surface area contributed by atoms with Gasteiger partial charge in [-0.3, -0.25) is 4.72 Å². The minimum atomic E-state index is -1.82. The average Bonchev–Trinajstić information content (AvgIpc) is 3.56. The highest BCUT2D eigenvalue weighted by Crippen LogP contribution is 2.48. The van der Waals surface area contributed by atoms with E-state index in [1.807, 2.05) is 13.8 Å². The first kappa shape index (κ1) is 26.0. The molecule has 1 aliphatic carbocycles. The van der Waals surface area contributed by atoms with Crippen LogP contribution in [-0.2, 0) is 11.0 Å². The van der Waals surface area contributed by atoms with Crippen LogP contribution >= 0.6 is 0 Å². The van der Waals surface area contributed by atoms with Gasteiger partial charge in [-0.15, -0.1) is 0 Å². The molecule has 0 bridgehead atoms. The van der Waals surface area contributed by atoms with Gasteiger partial charge in [-0.2, -0.15) is 0 Å². The maximum absolute atomic E-state index is 14.7. The number of nitrogens with one attached hydrogen (secondary N) is 2. The predicted molar refractivity (Wildman–Crippen MR) is 120 cm³/mol. The number of aryl methyl sites for hydroxylation is 1. The summed E-state index contributed by atoms with van der Waals surface area (Å²) in [5.41, 5.74) is -0.0494. The van der Waals surface area contributed by atoms with Crippen LogP contribution in [0.5, 0.6) is 5.75 Å². The first-order valence-corrected chi connectivity index (χ1v) is 11.4. The Labute approximate surface area is 188 Å². The molecule has 2 aromatic rings. The van der Waals surface area contributed by atoms with Gasteiger partial charge in [0.2, 0.25) is 0 Å². The molecule has 1 aliphatic rings. The van der Waals surface area contributed by atoms with Crippen LogP contribution in [0.4, 0.5) is 30.2 Å². The zero-order chi connectivity index (χ0) is 24.1. The molecule has 2 atom stereocenters. The molecule has 0 radical (unpaired) electrons. The number of hydrogen-bond donors (Lipinski definition) is 4. The minimum absolute atomic E-state index is 0.0739. The number of halogens is 3. The van der Waals surface area contributed by atoms with Crippen molar-refractivity contribution in [1.82, 2.24) is 0 Å². The van der Waals surface area contributed by atoms with E-state index < -0.39 is 51.6 Å². The van der Waals surface area contributed by atoms with Crippen LogP contribution in [0, 0.1) is 24.4 Å². The van der Waals surface area contributed by atoms with E-state index in [-0.39, 0.29) is 23.5 Å². The van der Waals surface area contributed by atoms with Crippen molar-refractivity contribution in [1.29, 1.82) is 0 Å². The highest BCUT2D eigenvalue weighted by molar-refractivity contribution is 7.88. The lowest BCUT2D eigenvalue weighted by atomic mass is 10.2. The molecule has 6 nitrogen and oxygen atoms in total. The van der Waals surface area contributed by atoms with E-state index in [9.17, 15) is 22.5 Å². The molecule has 10 heteroatoms. The Kier molecular flexibility index (Phi) is 8.94. The second kappa shape index (κ2) is 11.0. The third kappa shape index (κ3) is 5.73. The van der Waals surface area contributed by atoms with Crippen molar-refractivity contribution in [3.63, 3.8) is 0 Å².